The zero-order chi connectivity index (χ0) is 21.4. The van der Waals surface area contributed by atoms with Gasteiger partial charge in [-0.25, -0.2) is 4.79 Å². The molecule has 0 unspecified atom stereocenters. The summed E-state index contributed by atoms with van der Waals surface area (Å²) >= 11 is 0. The first-order chi connectivity index (χ1) is 14.4. The number of aryl methyl sites for hydroxylation is 2. The van der Waals surface area contributed by atoms with Crippen LogP contribution in [0.15, 0.2) is 23.0 Å². The summed E-state index contributed by atoms with van der Waals surface area (Å²) in [6.07, 6.45) is 1.47. The van der Waals surface area contributed by atoms with Crippen LogP contribution in [0.4, 0.5) is 4.79 Å². The number of benzene rings is 1. The number of pyridine rings is 1. The van der Waals surface area contributed by atoms with Crippen LogP contribution in [-0.2, 0) is 26.4 Å². The molecule has 30 heavy (non-hydrogen) atoms. The van der Waals surface area contributed by atoms with Crippen LogP contribution >= 0.6 is 0 Å². The Labute approximate surface area is 173 Å². The molecule has 0 atom stereocenters. The molecule has 0 spiro atoms. The van der Waals surface area contributed by atoms with Crippen molar-refractivity contribution in [1.82, 2.24) is 14.9 Å². The highest BCUT2D eigenvalue weighted by atomic mass is 16.7. The molecule has 8 nitrogen and oxygen atoms in total. The maximum absolute atomic E-state index is 12.4. The Morgan fingerprint density at radius 2 is 2.10 bits per heavy atom. The molecule has 1 aromatic carbocycles. The van der Waals surface area contributed by atoms with Gasteiger partial charge in [0.15, 0.2) is 5.75 Å². The summed E-state index contributed by atoms with van der Waals surface area (Å²) in [7, 11) is 2.05. The minimum atomic E-state index is -1.64. The Hall–Kier alpha value is -3.26. The first kappa shape index (κ1) is 20.0. The van der Waals surface area contributed by atoms with E-state index in [0.29, 0.717) is 17.7 Å². The summed E-state index contributed by atoms with van der Waals surface area (Å²) in [4.78, 5) is 26.1. The Kier molecular flexibility index (Phi) is 5.26. The average molecular weight is 411 g/mol. The number of aromatic amines is 1. The monoisotopic (exact) mass is 411 g/mol. The van der Waals surface area contributed by atoms with Gasteiger partial charge >= 0.3 is 6.16 Å². The van der Waals surface area contributed by atoms with E-state index in [0.717, 1.165) is 54.4 Å². The molecule has 0 saturated carbocycles. The molecule has 4 N–H and O–H groups in total. The van der Waals surface area contributed by atoms with Crippen molar-refractivity contribution in [3.05, 3.63) is 45.4 Å². The first-order valence-electron chi connectivity index (χ1n) is 10.1. The average Bonchev–Trinajstić information content (AvgIpc) is 2.89. The molecule has 1 aliphatic carbocycles. The fourth-order valence-corrected chi connectivity index (χ4v) is 4.21. The third-order valence-electron chi connectivity index (χ3n) is 5.68. The lowest BCUT2D eigenvalue weighted by molar-refractivity contribution is 0.142. The number of ether oxygens (including phenoxy) is 1. The van der Waals surface area contributed by atoms with Crippen LogP contribution in [0.2, 0.25) is 0 Å². The van der Waals surface area contributed by atoms with Crippen molar-refractivity contribution in [3.63, 3.8) is 0 Å². The topological polar surface area (TPSA) is 117 Å². The molecule has 0 radical (unpaired) electrons. The lowest BCUT2D eigenvalue weighted by Crippen LogP contribution is -2.17. The molecule has 0 amide bonds. The van der Waals surface area contributed by atoms with E-state index in [2.05, 4.69) is 38.7 Å². The third kappa shape index (κ3) is 3.43. The zero-order valence-electron chi connectivity index (χ0n) is 17.0. The lowest BCUT2D eigenvalue weighted by atomic mass is 9.99. The Bertz CT molecular complexity index is 1190. The molecule has 8 heteroatoms. The van der Waals surface area contributed by atoms with Crippen molar-refractivity contribution in [3.8, 4) is 22.8 Å². The fraction of sp³-hybridized carbons (Fsp3) is 0.364. The largest absolute Gasteiger partial charge is 0.511 e. The predicted molar refractivity (Wildman–Crippen MR) is 113 cm³/mol. The van der Waals surface area contributed by atoms with E-state index in [9.17, 15) is 14.7 Å². The number of aromatic hydroxyl groups is 1. The maximum atomic E-state index is 12.4. The van der Waals surface area contributed by atoms with Gasteiger partial charge in [0.05, 0.1) is 5.69 Å². The van der Waals surface area contributed by atoms with Gasteiger partial charge in [-0.1, -0.05) is 6.92 Å². The van der Waals surface area contributed by atoms with E-state index >= 15 is 0 Å². The van der Waals surface area contributed by atoms with E-state index in [1.165, 1.54) is 5.69 Å². The van der Waals surface area contributed by atoms with E-state index < -0.39 is 23.2 Å². The lowest BCUT2D eigenvalue weighted by Gasteiger charge is -2.13. The van der Waals surface area contributed by atoms with Gasteiger partial charge in [-0.05, 0) is 56.0 Å². The van der Waals surface area contributed by atoms with Gasteiger partial charge in [0.2, 0.25) is 5.75 Å². The van der Waals surface area contributed by atoms with Gasteiger partial charge in [0.25, 0.3) is 5.56 Å². The van der Waals surface area contributed by atoms with E-state index in [1.807, 2.05) is 13.1 Å². The SMILES string of the molecule is CCCNCc1cc2cc3c(cc2n1C)CCCc1c-3[nH]c(=O)c(OC(=O)O)c1O. The summed E-state index contributed by atoms with van der Waals surface area (Å²) in [6.45, 7) is 3.85. The highest BCUT2D eigenvalue weighted by Crippen LogP contribution is 2.40. The van der Waals surface area contributed by atoms with Crippen molar-refractivity contribution >= 4 is 17.1 Å². The number of aromatic nitrogens is 2. The van der Waals surface area contributed by atoms with Crippen molar-refractivity contribution in [2.45, 2.75) is 39.2 Å². The molecule has 2 heterocycles. The van der Waals surface area contributed by atoms with Crippen LogP contribution in [0.1, 0.15) is 36.6 Å². The van der Waals surface area contributed by atoms with Crippen LogP contribution in [0.25, 0.3) is 22.2 Å². The standard InChI is InChI=1S/C22H25N3O5/c1-3-7-23-11-14-8-13-9-16-12(10-17(13)25(14)2)5-4-6-15-18(16)24-21(27)20(19(15)26)30-22(28)29/h8-10,23H,3-7,11H2,1-2H3,(H,28,29)(H2,24,26,27). The zero-order valence-corrected chi connectivity index (χ0v) is 17.0. The smallest absolute Gasteiger partial charge is 0.504 e. The molecule has 0 aliphatic heterocycles. The van der Waals surface area contributed by atoms with E-state index in [-0.39, 0.29) is 0 Å². The quantitative estimate of drug-likeness (QED) is 0.378. The number of rotatable bonds is 5. The van der Waals surface area contributed by atoms with Crippen molar-refractivity contribution < 1.29 is 19.7 Å². The predicted octanol–water partition coefficient (Wildman–Crippen LogP) is 3.28. The van der Waals surface area contributed by atoms with E-state index in [4.69, 9.17) is 5.11 Å². The second-order valence-electron chi connectivity index (χ2n) is 7.65. The highest BCUT2D eigenvalue weighted by Gasteiger charge is 2.25. The van der Waals surface area contributed by atoms with Crippen LogP contribution in [-0.4, -0.2) is 32.5 Å². The normalized spacial score (nSPS) is 13.0. The summed E-state index contributed by atoms with van der Waals surface area (Å²) < 4.78 is 6.69. The number of nitrogens with one attached hydrogen (secondary N) is 2. The molecule has 4 rings (SSSR count). The van der Waals surface area contributed by atoms with Gasteiger partial charge in [0, 0.05) is 41.3 Å². The number of carboxylic acid groups (broad SMARTS) is 1. The van der Waals surface area contributed by atoms with Crippen molar-refractivity contribution in [1.29, 1.82) is 0 Å². The number of fused-ring (bicyclic) bond motifs is 4. The van der Waals surface area contributed by atoms with Crippen molar-refractivity contribution in [2.24, 2.45) is 7.05 Å². The van der Waals surface area contributed by atoms with Gasteiger partial charge in [-0.2, -0.15) is 0 Å². The van der Waals surface area contributed by atoms with Gasteiger partial charge < -0.3 is 29.8 Å². The number of nitrogens with zero attached hydrogens (tertiary/aromatic N) is 1. The molecule has 3 aromatic rings. The highest BCUT2D eigenvalue weighted by molar-refractivity contribution is 5.89. The Morgan fingerprint density at radius 1 is 1.30 bits per heavy atom. The van der Waals surface area contributed by atoms with Gasteiger partial charge in [0.1, 0.15) is 0 Å². The third-order valence-corrected chi connectivity index (χ3v) is 5.68. The summed E-state index contributed by atoms with van der Waals surface area (Å²) in [5.41, 5.74) is 4.48. The molecular weight excluding hydrogens is 386 g/mol. The van der Waals surface area contributed by atoms with Gasteiger partial charge in [-0.3, -0.25) is 4.79 Å². The number of H-pyrrole nitrogens is 1. The van der Waals surface area contributed by atoms with Gasteiger partial charge in [-0.15, -0.1) is 0 Å². The molecule has 2 aromatic heterocycles. The summed E-state index contributed by atoms with van der Waals surface area (Å²) in [5.74, 6) is -0.976. The summed E-state index contributed by atoms with van der Waals surface area (Å²) in [6, 6.07) is 6.30. The molecular formula is C22H25N3O5. The summed E-state index contributed by atoms with van der Waals surface area (Å²) in [5, 5.41) is 23.9. The van der Waals surface area contributed by atoms with Crippen molar-refractivity contribution in [2.75, 3.05) is 6.54 Å². The Morgan fingerprint density at radius 3 is 2.83 bits per heavy atom. The van der Waals surface area contributed by atoms with Crippen LogP contribution < -0.4 is 15.6 Å². The molecule has 1 aliphatic rings. The second kappa shape index (κ2) is 7.87. The minimum Gasteiger partial charge on any atom is -0.504 e. The number of hydrogen-bond donors (Lipinski definition) is 4. The molecule has 0 saturated heterocycles. The Balaban J connectivity index is 1.86. The fourth-order valence-electron chi connectivity index (χ4n) is 4.21. The van der Waals surface area contributed by atoms with Crippen LogP contribution in [0.5, 0.6) is 11.5 Å². The molecule has 0 bridgehead atoms. The molecule has 0 fully saturated rings. The van der Waals surface area contributed by atoms with Crippen LogP contribution in [0.3, 0.4) is 0 Å². The minimum absolute atomic E-state index is 0.401. The first-order valence-corrected chi connectivity index (χ1v) is 10.1. The van der Waals surface area contributed by atoms with Crippen LogP contribution in [0, 0.1) is 0 Å². The number of hydrogen-bond acceptors (Lipinski definition) is 5. The van der Waals surface area contributed by atoms with E-state index in [1.54, 1.807) is 0 Å². The second-order valence-corrected chi connectivity index (χ2v) is 7.65. The molecule has 158 valence electrons. The number of carbonyl (C=O) groups is 1. The maximum Gasteiger partial charge on any atom is 0.511 e.